The van der Waals surface area contributed by atoms with Crippen molar-refractivity contribution in [2.24, 2.45) is 5.92 Å². The number of anilines is 4. The fourth-order valence-electron chi connectivity index (χ4n) is 12.6. The van der Waals surface area contributed by atoms with Gasteiger partial charge in [-0.3, -0.25) is 0 Å². The first-order valence-electron chi connectivity index (χ1n) is 27.0. The Hall–Kier alpha value is -9.48. The summed E-state index contributed by atoms with van der Waals surface area (Å²) in [6.45, 7) is 17.4. The van der Waals surface area contributed by atoms with E-state index in [0.29, 0.717) is 11.1 Å². The highest BCUT2D eigenvalue weighted by molar-refractivity contribution is 5.93. The number of benzene rings is 8. The maximum absolute atomic E-state index is 10.4. The van der Waals surface area contributed by atoms with Crippen molar-refractivity contribution in [3.05, 3.63) is 296 Å². The van der Waals surface area contributed by atoms with Crippen LogP contribution < -0.4 is 9.80 Å². The molecule has 0 N–H and O–H groups in total. The van der Waals surface area contributed by atoms with Crippen LogP contribution in [-0.4, -0.2) is 6.04 Å². The van der Waals surface area contributed by atoms with Crippen LogP contribution in [0.4, 0.5) is 22.7 Å². The standard InChI is InChI=1S/C74H60N4/c1-45-15-25-61(49(5)35-45)57-23-33-71(67(41-57)63-27-17-47(3)37-51(63)7)77(59-13-9-11-53(39-59)43-75)69-31-21-55-20-30-66-70(32-22-56-19-29-65(69)73(55)74(56)66)78(60-14-10-12-54(40-60)44-76)72-34-24-58(62-26-16-46(2)36-50(62)6)42-68(72)64-28-18-48(4)38-52(64)8/h9-42,69,74H,1-8H3. The van der Waals surface area contributed by atoms with Crippen molar-refractivity contribution in [2.45, 2.75) is 61.4 Å². The van der Waals surface area contributed by atoms with Crippen LogP contribution in [0.5, 0.6) is 0 Å². The fourth-order valence-corrected chi connectivity index (χ4v) is 12.6. The highest BCUT2D eigenvalue weighted by atomic mass is 15.2. The molecule has 0 saturated carbocycles. The molecule has 4 aliphatic carbocycles. The highest BCUT2D eigenvalue weighted by Gasteiger charge is 2.41. The molecule has 376 valence electrons. The summed E-state index contributed by atoms with van der Waals surface area (Å²) >= 11 is 0. The van der Waals surface area contributed by atoms with Gasteiger partial charge in [0, 0.05) is 34.1 Å². The molecule has 0 aromatic heterocycles. The van der Waals surface area contributed by atoms with Crippen LogP contribution in [0, 0.1) is 84.0 Å². The van der Waals surface area contributed by atoms with Crippen molar-refractivity contribution in [3.8, 4) is 56.6 Å². The molecule has 0 aliphatic heterocycles. The van der Waals surface area contributed by atoms with Crippen LogP contribution in [-0.2, 0) is 0 Å². The molecular formula is C74H60N4. The second kappa shape index (κ2) is 19.9. The van der Waals surface area contributed by atoms with Crippen molar-refractivity contribution in [2.75, 3.05) is 9.80 Å². The Morgan fingerprint density at radius 3 is 1.49 bits per heavy atom. The Morgan fingerprint density at radius 1 is 0.423 bits per heavy atom. The Kier molecular flexibility index (Phi) is 12.6. The van der Waals surface area contributed by atoms with E-state index in [9.17, 15) is 10.5 Å². The van der Waals surface area contributed by atoms with Gasteiger partial charge in [0.1, 0.15) is 0 Å². The SMILES string of the molecule is Cc1ccc(-c2ccc(N(C3=C4C=CC5=C6C(=CC=C(C=C3)C46)C(N(c3cccc(C#N)c3)c3ccc(-c4ccc(C)cc4C)cc3-c3ccc(C)cc3C)C=C5)c3cccc(C#N)c3)c(-c3ccc(C)cc3C)c2)c(C)c1. The number of rotatable bonds is 10. The third-order valence-electron chi connectivity index (χ3n) is 16.2. The third kappa shape index (κ3) is 8.76. The molecule has 2 unspecified atom stereocenters. The molecule has 0 bridgehead atoms. The van der Waals surface area contributed by atoms with Gasteiger partial charge >= 0.3 is 0 Å². The van der Waals surface area contributed by atoms with E-state index in [0.717, 1.165) is 56.3 Å². The first-order valence-corrected chi connectivity index (χ1v) is 27.0. The lowest BCUT2D eigenvalue weighted by atomic mass is 9.67. The molecule has 4 aliphatic rings. The van der Waals surface area contributed by atoms with Gasteiger partial charge in [-0.05, 0) is 206 Å². The number of nitrogens with zero attached hydrogens (tertiary/aromatic N) is 4. The molecule has 0 amide bonds. The van der Waals surface area contributed by atoms with Gasteiger partial charge in [-0.15, -0.1) is 0 Å². The molecule has 8 aromatic rings. The number of aryl methyl sites for hydroxylation is 8. The monoisotopic (exact) mass is 1000 g/mol. The van der Waals surface area contributed by atoms with Gasteiger partial charge in [-0.2, -0.15) is 10.5 Å². The van der Waals surface area contributed by atoms with E-state index in [-0.39, 0.29) is 12.0 Å². The summed E-state index contributed by atoms with van der Waals surface area (Å²) in [6.07, 6.45) is 18.5. The van der Waals surface area contributed by atoms with Gasteiger partial charge in [-0.1, -0.05) is 162 Å². The normalized spacial score (nSPS) is 15.8. The van der Waals surface area contributed by atoms with Gasteiger partial charge < -0.3 is 9.80 Å². The first kappa shape index (κ1) is 49.4. The molecule has 12 rings (SSSR count). The minimum Gasteiger partial charge on any atom is -0.330 e. The molecule has 2 atom stereocenters. The summed E-state index contributed by atoms with van der Waals surface area (Å²) in [5.41, 5.74) is 31.3. The van der Waals surface area contributed by atoms with Crippen molar-refractivity contribution in [1.29, 1.82) is 10.5 Å². The molecule has 78 heavy (non-hydrogen) atoms. The molecule has 0 heterocycles. The van der Waals surface area contributed by atoms with Gasteiger partial charge in [0.15, 0.2) is 0 Å². The smallest absolute Gasteiger partial charge is 0.0992 e. The summed E-state index contributed by atoms with van der Waals surface area (Å²) in [7, 11) is 0. The summed E-state index contributed by atoms with van der Waals surface area (Å²) in [6, 6.07) is 61.5. The molecule has 8 aromatic carbocycles. The van der Waals surface area contributed by atoms with E-state index in [2.05, 4.69) is 247 Å². The minimum absolute atomic E-state index is 0.0869. The van der Waals surface area contributed by atoms with Crippen LogP contribution in [0.3, 0.4) is 0 Å². The van der Waals surface area contributed by atoms with E-state index in [1.165, 1.54) is 89.1 Å². The summed E-state index contributed by atoms with van der Waals surface area (Å²) < 4.78 is 0. The van der Waals surface area contributed by atoms with Crippen molar-refractivity contribution in [3.63, 3.8) is 0 Å². The second-order valence-electron chi connectivity index (χ2n) is 21.7. The zero-order valence-corrected chi connectivity index (χ0v) is 45.6. The summed E-state index contributed by atoms with van der Waals surface area (Å²) in [4.78, 5) is 4.85. The average Bonchev–Trinajstić information content (AvgIpc) is 3.56. The van der Waals surface area contributed by atoms with Gasteiger partial charge in [0.25, 0.3) is 0 Å². The number of hydrogen-bond donors (Lipinski definition) is 0. The van der Waals surface area contributed by atoms with E-state index in [1.54, 1.807) is 0 Å². The Bertz CT molecular complexity index is 4170. The maximum Gasteiger partial charge on any atom is 0.0992 e. The van der Waals surface area contributed by atoms with Crippen LogP contribution in [0.15, 0.2) is 240 Å². The predicted octanol–water partition coefficient (Wildman–Crippen LogP) is 18.7. The van der Waals surface area contributed by atoms with Crippen LogP contribution in [0.2, 0.25) is 0 Å². The lowest BCUT2D eigenvalue weighted by Gasteiger charge is -2.44. The lowest BCUT2D eigenvalue weighted by Crippen LogP contribution is -2.37. The molecule has 0 spiro atoms. The van der Waals surface area contributed by atoms with E-state index < -0.39 is 0 Å². The molecule has 4 heteroatoms. The van der Waals surface area contributed by atoms with Crippen molar-refractivity contribution in [1.82, 2.24) is 0 Å². The molecular weight excluding hydrogens is 945 g/mol. The van der Waals surface area contributed by atoms with Crippen molar-refractivity contribution >= 4 is 22.7 Å². The highest BCUT2D eigenvalue weighted by Crippen LogP contribution is 2.54. The molecule has 4 nitrogen and oxygen atoms in total. The molecule has 0 fully saturated rings. The van der Waals surface area contributed by atoms with Crippen LogP contribution in [0.1, 0.15) is 55.6 Å². The van der Waals surface area contributed by atoms with E-state index in [4.69, 9.17) is 0 Å². The number of allylic oxidation sites excluding steroid dienone is 10. The zero-order valence-electron chi connectivity index (χ0n) is 45.6. The summed E-state index contributed by atoms with van der Waals surface area (Å²) in [5.74, 6) is -0.0869. The quantitative estimate of drug-likeness (QED) is 0.137. The van der Waals surface area contributed by atoms with Crippen molar-refractivity contribution < 1.29 is 0 Å². The fraction of sp³-hybridized carbons (Fsp3) is 0.135. The second-order valence-corrected chi connectivity index (χ2v) is 21.7. The zero-order chi connectivity index (χ0) is 53.9. The maximum atomic E-state index is 10.4. The predicted molar refractivity (Wildman–Crippen MR) is 324 cm³/mol. The average molecular weight is 1010 g/mol. The largest absolute Gasteiger partial charge is 0.330 e. The van der Waals surface area contributed by atoms with Gasteiger partial charge in [0.05, 0.1) is 40.7 Å². The topological polar surface area (TPSA) is 54.1 Å². The minimum atomic E-state index is -0.244. The van der Waals surface area contributed by atoms with Gasteiger partial charge in [-0.25, -0.2) is 0 Å². The van der Waals surface area contributed by atoms with Crippen LogP contribution >= 0.6 is 0 Å². The first-order chi connectivity index (χ1) is 37.8. The summed E-state index contributed by atoms with van der Waals surface area (Å²) in [5, 5.41) is 20.8. The Morgan fingerprint density at radius 2 is 0.936 bits per heavy atom. The third-order valence-corrected chi connectivity index (χ3v) is 16.2. The van der Waals surface area contributed by atoms with E-state index >= 15 is 0 Å². The van der Waals surface area contributed by atoms with Gasteiger partial charge in [0.2, 0.25) is 0 Å². The van der Waals surface area contributed by atoms with Crippen LogP contribution in [0.25, 0.3) is 44.5 Å². The Labute approximate surface area is 460 Å². The van der Waals surface area contributed by atoms with E-state index in [1.807, 2.05) is 36.4 Å². The molecule has 0 radical (unpaired) electrons. The molecule has 0 saturated heterocycles. The Balaban J connectivity index is 1.05. The lowest BCUT2D eigenvalue weighted by molar-refractivity contribution is 0.773. The number of hydrogen-bond acceptors (Lipinski definition) is 4. The number of nitriles is 2.